The van der Waals surface area contributed by atoms with Gasteiger partial charge in [-0.15, -0.1) is 0 Å². The van der Waals surface area contributed by atoms with Gasteiger partial charge in [0.1, 0.15) is 37.8 Å². The molecule has 1 saturated heterocycles. The van der Waals surface area contributed by atoms with Gasteiger partial charge in [0.05, 0.1) is 16.9 Å². The second-order valence-electron chi connectivity index (χ2n) is 18.0. The normalized spacial score (nSPS) is 43.4. The van der Waals surface area contributed by atoms with Gasteiger partial charge in [0, 0.05) is 11.8 Å². The van der Waals surface area contributed by atoms with Crippen molar-refractivity contribution in [1.82, 2.24) is 0 Å². The second kappa shape index (κ2) is 15.2. The number of hydrogen-bond donors (Lipinski definition) is 2. The number of alkyl halides is 2. The average Bonchev–Trinajstić information content (AvgIpc) is 3.54. The van der Waals surface area contributed by atoms with E-state index in [1.165, 1.54) is 0 Å². The van der Waals surface area contributed by atoms with Gasteiger partial charge in [-0.2, -0.15) is 17.2 Å². The van der Waals surface area contributed by atoms with Gasteiger partial charge in [-0.25, -0.2) is 4.79 Å². The third-order valence-corrected chi connectivity index (χ3v) is 14.9. The van der Waals surface area contributed by atoms with E-state index in [9.17, 15) is 41.5 Å². The Balaban J connectivity index is 1.09. The summed E-state index contributed by atoms with van der Waals surface area (Å²) >= 11 is 0. The standard InChI is InChI=1S/C38H54F2O13S/c1-36(14-23-7-8-28(42)26(12-23)17-36)33(43)49-19-29-30(20-50-34(44)37-9-3-5-22(15-37)10-24(16-37)18-41)52-32(51-29)27-13-21-4-2-6-25(11-21)31(27)53-35(45)38(39,40)54(46,47)48/h18,21-32,42H,2-17,19-20H2,1H3,(H,46,47,48). The number of carbonyl (C=O) groups excluding carboxylic acids is 4. The highest BCUT2D eigenvalue weighted by Gasteiger charge is 2.58. The summed E-state index contributed by atoms with van der Waals surface area (Å²) in [5.74, 6) is -4.07. The highest BCUT2D eigenvalue weighted by atomic mass is 32.2. The zero-order valence-electron chi connectivity index (χ0n) is 30.8. The van der Waals surface area contributed by atoms with Crippen LogP contribution < -0.4 is 0 Å². The molecule has 2 N–H and O–H groups in total. The summed E-state index contributed by atoms with van der Waals surface area (Å²) in [7, 11) is -6.10. The number of aliphatic hydroxyl groups excluding tert-OH is 1. The molecule has 0 aromatic rings. The smallest absolute Gasteiger partial charge is 0.462 e. The Bertz CT molecular complexity index is 1560. The largest absolute Gasteiger partial charge is 0.465 e. The topological polar surface area (TPSA) is 189 Å². The lowest BCUT2D eigenvalue weighted by Gasteiger charge is -2.46. The molecule has 16 heteroatoms. The molecule has 54 heavy (non-hydrogen) atoms. The van der Waals surface area contributed by atoms with Crippen LogP contribution in [0, 0.1) is 52.3 Å². The highest BCUT2D eigenvalue weighted by Crippen LogP contribution is 2.53. The van der Waals surface area contributed by atoms with Crippen LogP contribution in [-0.2, 0) is 53.0 Å². The molecule has 14 unspecified atom stereocenters. The van der Waals surface area contributed by atoms with Crippen molar-refractivity contribution in [3.05, 3.63) is 0 Å². The molecule has 0 aromatic carbocycles. The van der Waals surface area contributed by atoms with E-state index in [-0.39, 0.29) is 36.9 Å². The lowest BCUT2D eigenvalue weighted by atomic mass is 9.59. The molecule has 0 radical (unpaired) electrons. The molecule has 6 bridgehead atoms. The van der Waals surface area contributed by atoms with Gasteiger partial charge in [-0.3, -0.25) is 14.1 Å². The number of fused-ring (bicyclic) bond motifs is 6. The van der Waals surface area contributed by atoms with E-state index in [0.717, 1.165) is 51.2 Å². The van der Waals surface area contributed by atoms with Crippen molar-refractivity contribution >= 4 is 34.3 Å². The van der Waals surface area contributed by atoms with E-state index in [4.69, 9.17) is 28.2 Å². The second-order valence-corrected chi connectivity index (χ2v) is 19.5. The summed E-state index contributed by atoms with van der Waals surface area (Å²) in [5.41, 5.74) is -1.63. The van der Waals surface area contributed by atoms with Crippen LogP contribution in [0.5, 0.6) is 0 Å². The summed E-state index contributed by atoms with van der Waals surface area (Å²) in [6.07, 6.45) is 6.77. The van der Waals surface area contributed by atoms with Crippen molar-refractivity contribution in [2.24, 2.45) is 52.3 Å². The van der Waals surface area contributed by atoms with Crippen molar-refractivity contribution in [1.29, 1.82) is 0 Å². The van der Waals surface area contributed by atoms with Gasteiger partial charge in [0.25, 0.3) is 0 Å². The number of ether oxygens (including phenoxy) is 5. The SMILES string of the molecule is CC1(C(=O)OCC2OC(C3CC4CCCC(C4)C3OC(=O)C(F)(F)S(=O)(=O)O)OC2COC(=O)C23CCCC(CC(C=O)C2)C3)CC2CCC(O)C(C2)C1. The number of hydrogen-bond acceptors (Lipinski definition) is 12. The molecule has 6 saturated carbocycles. The van der Waals surface area contributed by atoms with Crippen molar-refractivity contribution in [3.63, 3.8) is 0 Å². The molecular weight excluding hydrogens is 734 g/mol. The minimum atomic E-state index is -6.10. The third kappa shape index (κ3) is 7.84. The number of carbonyl (C=O) groups is 4. The van der Waals surface area contributed by atoms with Crippen LogP contribution in [0.15, 0.2) is 0 Å². The zero-order chi connectivity index (χ0) is 38.6. The average molecular weight is 789 g/mol. The fourth-order valence-electron chi connectivity index (χ4n) is 11.6. The Kier molecular flexibility index (Phi) is 11.3. The molecule has 1 heterocycles. The molecule has 0 amide bonds. The van der Waals surface area contributed by atoms with E-state index >= 15 is 0 Å². The zero-order valence-corrected chi connectivity index (χ0v) is 31.6. The first-order valence-corrected chi connectivity index (χ1v) is 21.3. The molecule has 1 aliphatic heterocycles. The van der Waals surface area contributed by atoms with Gasteiger partial charge in [0.15, 0.2) is 6.29 Å². The van der Waals surface area contributed by atoms with Gasteiger partial charge in [-0.05, 0) is 114 Å². The maximum atomic E-state index is 14.4. The first kappa shape index (κ1) is 39.9. The molecule has 7 fully saturated rings. The van der Waals surface area contributed by atoms with Crippen LogP contribution in [0.1, 0.15) is 110 Å². The van der Waals surface area contributed by atoms with Crippen molar-refractivity contribution in [2.75, 3.05) is 13.2 Å². The van der Waals surface area contributed by atoms with Crippen LogP contribution in [-0.4, -0.2) is 91.4 Å². The van der Waals surface area contributed by atoms with Crippen LogP contribution >= 0.6 is 0 Å². The van der Waals surface area contributed by atoms with Crippen molar-refractivity contribution in [3.8, 4) is 0 Å². The van der Waals surface area contributed by atoms with Gasteiger partial charge in [0.2, 0.25) is 0 Å². The Morgan fingerprint density at radius 3 is 2.20 bits per heavy atom. The number of esters is 3. The van der Waals surface area contributed by atoms with Gasteiger partial charge in [-0.1, -0.05) is 25.7 Å². The molecule has 0 aromatic heterocycles. The lowest BCUT2D eigenvalue weighted by Crippen LogP contribution is -2.50. The molecule has 7 rings (SSSR count). The van der Waals surface area contributed by atoms with Crippen LogP contribution in [0.4, 0.5) is 8.78 Å². The van der Waals surface area contributed by atoms with Crippen molar-refractivity contribution < 1.29 is 69.7 Å². The first-order chi connectivity index (χ1) is 25.5. The maximum absolute atomic E-state index is 14.4. The molecule has 13 nitrogen and oxygen atoms in total. The lowest BCUT2D eigenvalue weighted by molar-refractivity contribution is -0.203. The summed E-state index contributed by atoms with van der Waals surface area (Å²) in [4.78, 5) is 51.9. The minimum absolute atomic E-state index is 0.00592. The summed E-state index contributed by atoms with van der Waals surface area (Å²) in [6, 6.07) is 0. The summed E-state index contributed by atoms with van der Waals surface area (Å²) in [5, 5.41) is 5.38. The van der Waals surface area contributed by atoms with E-state index in [2.05, 4.69) is 0 Å². The van der Waals surface area contributed by atoms with Crippen LogP contribution in [0.25, 0.3) is 0 Å². The third-order valence-electron chi connectivity index (χ3n) is 14.1. The summed E-state index contributed by atoms with van der Waals surface area (Å²) in [6.45, 7) is 1.28. The highest BCUT2D eigenvalue weighted by molar-refractivity contribution is 7.87. The molecule has 14 atom stereocenters. The fourth-order valence-corrected chi connectivity index (χ4v) is 11.9. The maximum Gasteiger partial charge on any atom is 0.465 e. The fraction of sp³-hybridized carbons (Fsp3) is 0.895. The Morgan fingerprint density at radius 2 is 1.50 bits per heavy atom. The van der Waals surface area contributed by atoms with E-state index in [1.807, 2.05) is 6.92 Å². The number of halogens is 2. The Labute approximate surface area is 314 Å². The number of rotatable bonds is 11. The van der Waals surface area contributed by atoms with Gasteiger partial charge < -0.3 is 33.6 Å². The molecule has 0 spiro atoms. The van der Waals surface area contributed by atoms with E-state index in [0.29, 0.717) is 63.7 Å². The van der Waals surface area contributed by atoms with E-state index in [1.54, 1.807) is 0 Å². The van der Waals surface area contributed by atoms with Crippen molar-refractivity contribution in [2.45, 2.75) is 146 Å². The Hall–Kier alpha value is -2.27. The predicted octanol–water partition coefficient (Wildman–Crippen LogP) is 4.76. The number of aliphatic hydroxyl groups is 1. The molecule has 304 valence electrons. The number of aldehydes is 1. The summed E-state index contributed by atoms with van der Waals surface area (Å²) < 4.78 is 90.6. The molecule has 7 aliphatic rings. The first-order valence-electron chi connectivity index (χ1n) is 19.8. The minimum Gasteiger partial charge on any atom is -0.462 e. The molecule has 6 aliphatic carbocycles. The molecular formula is C38H54F2O13S. The van der Waals surface area contributed by atoms with Gasteiger partial charge >= 0.3 is 33.3 Å². The van der Waals surface area contributed by atoms with Crippen LogP contribution in [0.3, 0.4) is 0 Å². The quantitative estimate of drug-likeness (QED) is 0.126. The monoisotopic (exact) mass is 788 g/mol. The van der Waals surface area contributed by atoms with E-state index < -0.39 is 86.7 Å². The predicted molar refractivity (Wildman–Crippen MR) is 183 cm³/mol. The van der Waals surface area contributed by atoms with Crippen LogP contribution in [0.2, 0.25) is 0 Å². The Morgan fingerprint density at radius 1 is 0.833 bits per heavy atom.